The summed E-state index contributed by atoms with van der Waals surface area (Å²) in [7, 11) is -2.81. The van der Waals surface area contributed by atoms with E-state index in [0.717, 1.165) is 20.0 Å². The van der Waals surface area contributed by atoms with Crippen LogP contribution in [0.5, 0.6) is 0 Å². The van der Waals surface area contributed by atoms with Crippen LogP contribution in [0.15, 0.2) is 0 Å². The highest BCUT2D eigenvalue weighted by atomic mass is 32.2. The molecule has 1 amide bonds. The standard InChI is InChI=1S/C7H14N2O5S/c1-14-6(11)9-15(12,13)8-4-7(5-10)2-3-7/h8,10H,2-5H2,1H3,(H,9,11). The highest BCUT2D eigenvalue weighted by Crippen LogP contribution is 2.44. The van der Waals surface area contributed by atoms with Crippen molar-refractivity contribution in [2.75, 3.05) is 20.3 Å². The van der Waals surface area contributed by atoms with Crippen molar-refractivity contribution in [3.8, 4) is 0 Å². The molecule has 1 rings (SSSR count). The molecule has 1 fully saturated rings. The van der Waals surface area contributed by atoms with Crippen LogP contribution < -0.4 is 9.44 Å². The SMILES string of the molecule is COC(=O)NS(=O)(=O)NCC1(CO)CC1. The number of aliphatic hydroxyl groups is 1. The smallest absolute Gasteiger partial charge is 0.421 e. The van der Waals surface area contributed by atoms with Crippen LogP contribution in [-0.4, -0.2) is 39.9 Å². The molecule has 1 saturated carbocycles. The number of aliphatic hydroxyl groups excluding tert-OH is 1. The number of carbonyl (C=O) groups excluding carboxylic acids is 1. The van der Waals surface area contributed by atoms with Crippen LogP contribution in [0.1, 0.15) is 12.8 Å². The van der Waals surface area contributed by atoms with E-state index in [4.69, 9.17) is 5.11 Å². The van der Waals surface area contributed by atoms with Crippen molar-refractivity contribution in [1.29, 1.82) is 0 Å². The van der Waals surface area contributed by atoms with Gasteiger partial charge < -0.3 is 9.84 Å². The number of amides is 1. The van der Waals surface area contributed by atoms with Crippen LogP contribution in [0.2, 0.25) is 0 Å². The lowest BCUT2D eigenvalue weighted by Crippen LogP contribution is -2.42. The Bertz CT molecular complexity index is 335. The molecular weight excluding hydrogens is 224 g/mol. The molecule has 0 heterocycles. The predicted molar refractivity (Wildman–Crippen MR) is 51.2 cm³/mol. The van der Waals surface area contributed by atoms with Crippen LogP contribution in [0, 0.1) is 5.41 Å². The molecule has 3 N–H and O–H groups in total. The van der Waals surface area contributed by atoms with Gasteiger partial charge in [-0.2, -0.15) is 13.1 Å². The highest BCUT2D eigenvalue weighted by Gasteiger charge is 2.42. The molecule has 7 nitrogen and oxygen atoms in total. The quantitative estimate of drug-likeness (QED) is 0.567. The first-order valence-corrected chi connectivity index (χ1v) is 5.88. The molecule has 0 aromatic rings. The molecule has 1 aliphatic carbocycles. The third kappa shape index (κ3) is 3.65. The van der Waals surface area contributed by atoms with E-state index in [-0.39, 0.29) is 18.6 Å². The second-order valence-corrected chi connectivity index (χ2v) is 5.08. The summed E-state index contributed by atoms with van der Waals surface area (Å²) >= 11 is 0. The van der Waals surface area contributed by atoms with Gasteiger partial charge in [0.25, 0.3) is 0 Å². The maximum atomic E-state index is 11.2. The van der Waals surface area contributed by atoms with Crippen LogP contribution in [-0.2, 0) is 14.9 Å². The Kier molecular flexibility index (Phi) is 3.53. The molecule has 0 unspecified atom stereocenters. The van der Waals surface area contributed by atoms with Crippen LogP contribution >= 0.6 is 0 Å². The van der Waals surface area contributed by atoms with Gasteiger partial charge in [0, 0.05) is 18.6 Å². The number of carbonyl (C=O) groups is 1. The molecule has 0 saturated heterocycles. The maximum absolute atomic E-state index is 11.2. The Labute approximate surface area is 88.0 Å². The van der Waals surface area contributed by atoms with Gasteiger partial charge in [0.1, 0.15) is 0 Å². The number of methoxy groups -OCH3 is 1. The Balaban J connectivity index is 2.40. The lowest BCUT2D eigenvalue weighted by molar-refractivity contribution is 0.177. The van der Waals surface area contributed by atoms with E-state index in [1.165, 1.54) is 0 Å². The highest BCUT2D eigenvalue weighted by molar-refractivity contribution is 7.88. The van der Waals surface area contributed by atoms with Gasteiger partial charge in [-0.25, -0.2) is 9.52 Å². The number of hydrogen-bond acceptors (Lipinski definition) is 5. The normalized spacial score (nSPS) is 18.3. The minimum absolute atomic E-state index is 0.0618. The molecule has 0 aromatic heterocycles. The summed E-state index contributed by atoms with van der Waals surface area (Å²) in [6, 6.07) is 0. The summed E-state index contributed by atoms with van der Waals surface area (Å²) in [5, 5.41) is 8.93. The van der Waals surface area contributed by atoms with Gasteiger partial charge in [0.2, 0.25) is 0 Å². The van der Waals surface area contributed by atoms with Crippen molar-refractivity contribution >= 4 is 16.3 Å². The van der Waals surface area contributed by atoms with E-state index in [0.29, 0.717) is 0 Å². The van der Waals surface area contributed by atoms with Gasteiger partial charge in [-0.15, -0.1) is 0 Å². The molecular formula is C7H14N2O5S. The predicted octanol–water partition coefficient (Wildman–Crippen LogP) is -1.05. The molecule has 88 valence electrons. The second kappa shape index (κ2) is 4.33. The third-order valence-electron chi connectivity index (χ3n) is 2.33. The maximum Gasteiger partial charge on any atom is 0.421 e. The van der Waals surface area contributed by atoms with Gasteiger partial charge >= 0.3 is 16.3 Å². The summed E-state index contributed by atoms with van der Waals surface area (Å²) in [5.41, 5.74) is -0.342. The fourth-order valence-electron chi connectivity index (χ4n) is 1.00. The van der Waals surface area contributed by atoms with Crippen molar-refractivity contribution < 1.29 is 23.1 Å². The zero-order valence-electron chi connectivity index (χ0n) is 8.32. The summed E-state index contributed by atoms with van der Waals surface area (Å²) in [6.45, 7) is 0.0591. The Morgan fingerprint density at radius 1 is 1.53 bits per heavy atom. The number of rotatable bonds is 5. The summed E-state index contributed by atoms with van der Waals surface area (Å²) in [6.07, 6.45) is 0.519. The van der Waals surface area contributed by atoms with E-state index in [9.17, 15) is 13.2 Å². The summed E-state index contributed by atoms with van der Waals surface area (Å²) in [5.74, 6) is 0. The first kappa shape index (κ1) is 12.2. The average Bonchev–Trinajstić information content (AvgIpc) is 2.95. The Morgan fingerprint density at radius 2 is 2.13 bits per heavy atom. The van der Waals surface area contributed by atoms with Gasteiger partial charge in [-0.1, -0.05) is 0 Å². The number of nitrogens with one attached hydrogen (secondary N) is 2. The molecule has 0 aromatic carbocycles. The molecule has 0 radical (unpaired) electrons. The fraction of sp³-hybridized carbons (Fsp3) is 0.857. The molecule has 0 atom stereocenters. The molecule has 0 bridgehead atoms. The van der Waals surface area contributed by atoms with Crippen LogP contribution in [0.4, 0.5) is 4.79 Å². The number of ether oxygens (including phenoxy) is 1. The van der Waals surface area contributed by atoms with E-state index in [1.807, 2.05) is 0 Å². The topological polar surface area (TPSA) is 105 Å². The monoisotopic (exact) mass is 238 g/mol. The minimum Gasteiger partial charge on any atom is -0.452 e. The van der Waals surface area contributed by atoms with Crippen LogP contribution in [0.3, 0.4) is 0 Å². The average molecular weight is 238 g/mol. The minimum atomic E-state index is -3.88. The summed E-state index contributed by atoms with van der Waals surface area (Å²) < 4.78 is 30.3. The third-order valence-corrected chi connectivity index (χ3v) is 3.29. The lowest BCUT2D eigenvalue weighted by Gasteiger charge is -2.12. The lowest BCUT2D eigenvalue weighted by atomic mass is 10.1. The van der Waals surface area contributed by atoms with Gasteiger partial charge in [0.15, 0.2) is 0 Å². The zero-order chi connectivity index (χ0) is 11.5. The van der Waals surface area contributed by atoms with E-state index >= 15 is 0 Å². The van der Waals surface area contributed by atoms with Gasteiger partial charge in [-0.3, -0.25) is 0 Å². The van der Waals surface area contributed by atoms with Gasteiger partial charge in [-0.05, 0) is 12.8 Å². The second-order valence-electron chi connectivity index (χ2n) is 3.58. The molecule has 1 aliphatic rings. The van der Waals surface area contributed by atoms with Crippen molar-refractivity contribution in [2.45, 2.75) is 12.8 Å². The molecule has 0 aliphatic heterocycles. The van der Waals surface area contributed by atoms with E-state index in [1.54, 1.807) is 4.72 Å². The van der Waals surface area contributed by atoms with Crippen molar-refractivity contribution in [3.05, 3.63) is 0 Å². The largest absolute Gasteiger partial charge is 0.452 e. The van der Waals surface area contributed by atoms with Crippen LogP contribution in [0.25, 0.3) is 0 Å². The zero-order valence-corrected chi connectivity index (χ0v) is 9.13. The van der Waals surface area contributed by atoms with Crippen molar-refractivity contribution in [3.63, 3.8) is 0 Å². The molecule has 0 spiro atoms. The number of hydrogen-bond donors (Lipinski definition) is 3. The summed E-state index contributed by atoms with van der Waals surface area (Å²) in [4.78, 5) is 10.6. The Hall–Kier alpha value is -0.860. The van der Waals surface area contributed by atoms with Gasteiger partial charge in [0.05, 0.1) is 7.11 Å². The first-order chi connectivity index (χ1) is 6.93. The first-order valence-electron chi connectivity index (χ1n) is 4.39. The van der Waals surface area contributed by atoms with E-state index in [2.05, 4.69) is 9.46 Å². The molecule has 8 heteroatoms. The van der Waals surface area contributed by atoms with Crippen molar-refractivity contribution in [2.24, 2.45) is 5.41 Å². The fourth-order valence-corrected chi connectivity index (χ4v) is 1.87. The Morgan fingerprint density at radius 3 is 2.53 bits per heavy atom. The van der Waals surface area contributed by atoms with Crippen molar-refractivity contribution in [1.82, 2.24) is 9.44 Å². The molecule has 15 heavy (non-hydrogen) atoms. The van der Waals surface area contributed by atoms with E-state index < -0.39 is 16.3 Å².